The van der Waals surface area contributed by atoms with Gasteiger partial charge < -0.3 is 9.47 Å². The Balaban J connectivity index is 2.90. The maximum absolute atomic E-state index is 13.6. The van der Waals surface area contributed by atoms with Gasteiger partial charge in [0, 0.05) is 4.47 Å². The fraction of sp³-hybridized carbons (Fsp3) is 0.308. The summed E-state index contributed by atoms with van der Waals surface area (Å²) in [5.41, 5.74) is 0.454. The summed E-state index contributed by atoms with van der Waals surface area (Å²) in [4.78, 5) is 11.6. The molecule has 98 valence electrons. The van der Waals surface area contributed by atoms with Crippen LogP contribution in [0.2, 0.25) is 0 Å². The van der Waals surface area contributed by atoms with Crippen molar-refractivity contribution in [2.24, 2.45) is 0 Å². The van der Waals surface area contributed by atoms with Gasteiger partial charge in [0.2, 0.25) is 6.10 Å². The first kappa shape index (κ1) is 14.7. The number of hydrogen-bond donors (Lipinski definition) is 0. The van der Waals surface area contributed by atoms with Crippen molar-refractivity contribution in [2.75, 3.05) is 6.61 Å². The molecule has 0 bridgehead atoms. The molecule has 0 fully saturated rings. The van der Waals surface area contributed by atoms with E-state index in [1.165, 1.54) is 12.1 Å². The predicted octanol–water partition coefficient (Wildman–Crippen LogP) is 3.47. The Morgan fingerprint density at radius 1 is 1.56 bits per heavy atom. The van der Waals surface area contributed by atoms with E-state index in [0.717, 1.165) is 0 Å². The van der Waals surface area contributed by atoms with Gasteiger partial charge in [0.05, 0.1) is 6.61 Å². The fourth-order valence-corrected chi connectivity index (χ4v) is 1.60. The van der Waals surface area contributed by atoms with Crippen LogP contribution in [0.3, 0.4) is 0 Å². The highest BCUT2D eigenvalue weighted by atomic mass is 79.9. The molecule has 0 spiro atoms. The van der Waals surface area contributed by atoms with E-state index in [2.05, 4.69) is 22.5 Å². The van der Waals surface area contributed by atoms with Gasteiger partial charge in [-0.25, -0.2) is 9.18 Å². The molecule has 1 unspecified atom stereocenters. The first-order chi connectivity index (χ1) is 8.45. The molecule has 0 amide bonds. The summed E-state index contributed by atoms with van der Waals surface area (Å²) in [5.74, 6) is -1.15. The molecule has 0 aliphatic heterocycles. The Kier molecular flexibility index (Phi) is 5.34. The molecule has 0 radical (unpaired) electrons. The Morgan fingerprint density at radius 2 is 2.22 bits per heavy atom. The molecule has 0 heterocycles. The monoisotopic (exact) mass is 316 g/mol. The van der Waals surface area contributed by atoms with Gasteiger partial charge in [-0.3, -0.25) is 0 Å². The van der Waals surface area contributed by atoms with E-state index in [-0.39, 0.29) is 12.4 Å². The van der Waals surface area contributed by atoms with Crippen LogP contribution in [-0.4, -0.2) is 18.7 Å². The summed E-state index contributed by atoms with van der Waals surface area (Å²) >= 11 is 3.14. The van der Waals surface area contributed by atoms with Gasteiger partial charge in [0.25, 0.3) is 0 Å². The number of carbonyl (C=O) groups excluding carboxylic acids is 1. The van der Waals surface area contributed by atoms with E-state index >= 15 is 0 Å². The second-order valence-electron chi connectivity index (χ2n) is 3.67. The molecule has 1 aromatic carbocycles. The van der Waals surface area contributed by atoms with Crippen LogP contribution in [0, 0.1) is 5.82 Å². The average molecular weight is 317 g/mol. The molecule has 0 aliphatic rings. The molecule has 3 nitrogen and oxygen atoms in total. The SMILES string of the molecule is C=C(C)C(Oc1ccc(Br)cc1F)C(=O)OCC. The van der Waals surface area contributed by atoms with Crippen molar-refractivity contribution in [3.8, 4) is 5.75 Å². The van der Waals surface area contributed by atoms with Crippen LogP contribution < -0.4 is 4.74 Å². The van der Waals surface area contributed by atoms with Gasteiger partial charge in [-0.05, 0) is 37.6 Å². The molecular formula is C13H14BrFO3. The number of rotatable bonds is 5. The van der Waals surface area contributed by atoms with Crippen LogP contribution in [0.15, 0.2) is 34.8 Å². The quantitative estimate of drug-likeness (QED) is 0.616. The van der Waals surface area contributed by atoms with Gasteiger partial charge in [-0.2, -0.15) is 0 Å². The zero-order chi connectivity index (χ0) is 13.7. The lowest BCUT2D eigenvalue weighted by molar-refractivity contribution is -0.149. The van der Waals surface area contributed by atoms with Crippen LogP contribution >= 0.6 is 15.9 Å². The van der Waals surface area contributed by atoms with Crippen molar-refractivity contribution < 1.29 is 18.7 Å². The molecule has 0 N–H and O–H groups in total. The van der Waals surface area contributed by atoms with Crippen molar-refractivity contribution >= 4 is 21.9 Å². The Labute approximate surface area is 114 Å². The van der Waals surface area contributed by atoms with Crippen molar-refractivity contribution in [2.45, 2.75) is 20.0 Å². The lowest BCUT2D eigenvalue weighted by atomic mass is 10.2. The number of halogens is 2. The summed E-state index contributed by atoms with van der Waals surface area (Å²) in [6, 6.07) is 4.32. The largest absolute Gasteiger partial charge is 0.471 e. The maximum Gasteiger partial charge on any atom is 0.351 e. The zero-order valence-electron chi connectivity index (χ0n) is 10.2. The third-order valence-corrected chi connectivity index (χ3v) is 2.58. The summed E-state index contributed by atoms with van der Waals surface area (Å²) in [6.07, 6.45) is -0.999. The van der Waals surface area contributed by atoms with Crippen LogP contribution in [0.25, 0.3) is 0 Å². The van der Waals surface area contributed by atoms with Crippen molar-refractivity contribution in [3.63, 3.8) is 0 Å². The zero-order valence-corrected chi connectivity index (χ0v) is 11.8. The first-order valence-corrected chi connectivity index (χ1v) is 6.18. The molecule has 0 aromatic heterocycles. The topological polar surface area (TPSA) is 35.5 Å². The van der Waals surface area contributed by atoms with Gasteiger partial charge in [-0.15, -0.1) is 0 Å². The van der Waals surface area contributed by atoms with Gasteiger partial charge in [0.1, 0.15) is 0 Å². The van der Waals surface area contributed by atoms with Crippen LogP contribution in [-0.2, 0) is 9.53 Å². The van der Waals surface area contributed by atoms with Crippen molar-refractivity contribution in [1.82, 2.24) is 0 Å². The van der Waals surface area contributed by atoms with Crippen LogP contribution in [0.5, 0.6) is 5.75 Å². The van der Waals surface area contributed by atoms with E-state index in [0.29, 0.717) is 10.0 Å². The standard InChI is InChI=1S/C13H14BrFO3/c1-4-17-13(16)12(8(2)3)18-11-6-5-9(14)7-10(11)15/h5-7,12H,2,4H2,1,3H3. The summed E-state index contributed by atoms with van der Waals surface area (Å²) < 4.78 is 24.3. The van der Waals surface area contributed by atoms with E-state index in [1.54, 1.807) is 19.9 Å². The van der Waals surface area contributed by atoms with Crippen LogP contribution in [0.1, 0.15) is 13.8 Å². The Morgan fingerprint density at radius 3 is 2.72 bits per heavy atom. The molecule has 1 atom stereocenters. The van der Waals surface area contributed by atoms with Crippen LogP contribution in [0.4, 0.5) is 4.39 Å². The number of esters is 1. The Hall–Kier alpha value is -1.36. The third-order valence-electron chi connectivity index (χ3n) is 2.09. The normalized spacial score (nSPS) is 11.8. The highest BCUT2D eigenvalue weighted by molar-refractivity contribution is 9.10. The highest BCUT2D eigenvalue weighted by Gasteiger charge is 2.23. The minimum absolute atomic E-state index is 0.0146. The van der Waals surface area contributed by atoms with Gasteiger partial charge >= 0.3 is 5.97 Å². The molecule has 1 aromatic rings. The average Bonchev–Trinajstić information content (AvgIpc) is 2.27. The summed E-state index contributed by atoms with van der Waals surface area (Å²) in [5, 5.41) is 0. The lowest BCUT2D eigenvalue weighted by Gasteiger charge is -2.18. The van der Waals surface area contributed by atoms with E-state index in [1.807, 2.05) is 0 Å². The van der Waals surface area contributed by atoms with E-state index < -0.39 is 17.9 Å². The molecule has 1 rings (SSSR count). The minimum atomic E-state index is -0.999. The second kappa shape index (κ2) is 6.54. The smallest absolute Gasteiger partial charge is 0.351 e. The van der Waals surface area contributed by atoms with E-state index in [9.17, 15) is 9.18 Å². The molecule has 0 saturated carbocycles. The molecule has 5 heteroatoms. The number of hydrogen-bond acceptors (Lipinski definition) is 3. The van der Waals surface area contributed by atoms with Crippen molar-refractivity contribution in [3.05, 3.63) is 40.6 Å². The molecule has 0 aliphatic carbocycles. The number of ether oxygens (including phenoxy) is 2. The first-order valence-electron chi connectivity index (χ1n) is 5.39. The fourth-order valence-electron chi connectivity index (χ4n) is 1.27. The second-order valence-corrected chi connectivity index (χ2v) is 4.59. The van der Waals surface area contributed by atoms with Gasteiger partial charge in [-0.1, -0.05) is 22.5 Å². The molecule has 0 saturated heterocycles. The van der Waals surface area contributed by atoms with Crippen molar-refractivity contribution in [1.29, 1.82) is 0 Å². The third kappa shape index (κ3) is 3.84. The lowest BCUT2D eigenvalue weighted by Crippen LogP contribution is -2.30. The molecule has 18 heavy (non-hydrogen) atoms. The van der Waals surface area contributed by atoms with E-state index in [4.69, 9.17) is 9.47 Å². The van der Waals surface area contributed by atoms with Gasteiger partial charge in [0.15, 0.2) is 11.6 Å². The maximum atomic E-state index is 13.6. The highest BCUT2D eigenvalue weighted by Crippen LogP contribution is 2.23. The predicted molar refractivity (Wildman–Crippen MR) is 70.0 cm³/mol. The number of benzene rings is 1. The Bertz CT molecular complexity index is 460. The molecular weight excluding hydrogens is 303 g/mol. The summed E-state index contributed by atoms with van der Waals surface area (Å²) in [7, 11) is 0. The minimum Gasteiger partial charge on any atom is -0.471 e. The number of carbonyl (C=O) groups is 1. The summed E-state index contributed by atoms with van der Waals surface area (Å²) in [6.45, 7) is 7.19.